The van der Waals surface area contributed by atoms with Crippen LogP contribution in [0.15, 0.2) is 0 Å². The number of unbranched alkanes of at least 4 members (excludes halogenated alkanes) is 9. The summed E-state index contributed by atoms with van der Waals surface area (Å²) in [7, 11) is 0. The molecule has 0 amide bonds. The van der Waals surface area contributed by atoms with Crippen LogP contribution in [0, 0.1) is 0 Å². The molecule has 0 bridgehead atoms. The van der Waals surface area contributed by atoms with Gasteiger partial charge in [-0.15, -0.1) is 0 Å². The van der Waals surface area contributed by atoms with Crippen LogP contribution < -0.4 is 0 Å². The molecule has 0 unspecified atom stereocenters. The molecule has 0 aliphatic heterocycles. The van der Waals surface area contributed by atoms with Gasteiger partial charge in [0.05, 0.1) is 0 Å². The second-order valence-corrected chi connectivity index (χ2v) is 6.76. The van der Waals surface area contributed by atoms with Gasteiger partial charge in [0.15, 0.2) is 0 Å². The first-order valence-corrected chi connectivity index (χ1v) is 10.1. The molecule has 0 fully saturated rings. The Labute approximate surface area is 101 Å². The van der Waals surface area contributed by atoms with Gasteiger partial charge >= 0.3 is 101 Å². The first kappa shape index (κ1) is 14.9. The SMILES string of the molecule is CCCCCCCCCCCC[Se]S. The van der Waals surface area contributed by atoms with Crippen LogP contribution in [0.2, 0.25) is 5.32 Å². The van der Waals surface area contributed by atoms with Gasteiger partial charge in [0.1, 0.15) is 0 Å². The second kappa shape index (κ2) is 13.9. The molecule has 0 radical (unpaired) electrons. The fourth-order valence-electron chi connectivity index (χ4n) is 1.65. The summed E-state index contributed by atoms with van der Waals surface area (Å²) in [5.41, 5.74) is 0. The van der Waals surface area contributed by atoms with E-state index in [0.29, 0.717) is 13.8 Å². The van der Waals surface area contributed by atoms with Crippen molar-refractivity contribution in [1.29, 1.82) is 0 Å². The zero-order valence-electron chi connectivity index (χ0n) is 9.63. The number of thiol groups is 1. The molecule has 0 saturated heterocycles. The third-order valence-electron chi connectivity index (χ3n) is 2.59. The zero-order valence-corrected chi connectivity index (χ0v) is 12.2. The average Bonchev–Trinajstić information content (AvgIpc) is 2.21. The van der Waals surface area contributed by atoms with E-state index in [1.165, 1.54) is 69.5 Å². The second-order valence-electron chi connectivity index (χ2n) is 4.02. The quantitative estimate of drug-likeness (QED) is 0.311. The van der Waals surface area contributed by atoms with E-state index in [9.17, 15) is 0 Å². The Morgan fingerprint density at radius 2 is 1.14 bits per heavy atom. The van der Waals surface area contributed by atoms with Gasteiger partial charge in [-0.3, -0.25) is 0 Å². The van der Waals surface area contributed by atoms with Crippen molar-refractivity contribution in [2.75, 3.05) is 0 Å². The standard InChI is InChI=1S/C12H26SSe/c1-2-3-4-5-6-7-8-9-10-11-12-14-13/h13H,2-12H2,1H3. The van der Waals surface area contributed by atoms with Crippen molar-refractivity contribution < 1.29 is 0 Å². The summed E-state index contributed by atoms with van der Waals surface area (Å²) in [6, 6.07) is 0. The van der Waals surface area contributed by atoms with Gasteiger partial charge < -0.3 is 0 Å². The summed E-state index contributed by atoms with van der Waals surface area (Å²) in [6.45, 7) is 2.28. The van der Waals surface area contributed by atoms with Crippen LogP contribution in [0.4, 0.5) is 0 Å². The van der Waals surface area contributed by atoms with Gasteiger partial charge in [0, 0.05) is 0 Å². The number of hydrogen-bond donors (Lipinski definition) is 1. The monoisotopic (exact) mass is 282 g/mol. The molecule has 0 rings (SSSR count). The van der Waals surface area contributed by atoms with E-state index in [1.807, 2.05) is 0 Å². The van der Waals surface area contributed by atoms with Gasteiger partial charge in [0.25, 0.3) is 0 Å². The van der Waals surface area contributed by atoms with Crippen LogP contribution in [-0.2, 0) is 0 Å². The van der Waals surface area contributed by atoms with Gasteiger partial charge in [-0.2, -0.15) is 0 Å². The first-order valence-electron chi connectivity index (χ1n) is 6.18. The maximum atomic E-state index is 4.27. The van der Waals surface area contributed by atoms with E-state index in [-0.39, 0.29) is 0 Å². The van der Waals surface area contributed by atoms with Crippen molar-refractivity contribution in [2.45, 2.75) is 76.5 Å². The van der Waals surface area contributed by atoms with Crippen molar-refractivity contribution in [1.82, 2.24) is 0 Å². The van der Waals surface area contributed by atoms with Crippen LogP contribution in [0.1, 0.15) is 71.1 Å². The van der Waals surface area contributed by atoms with Gasteiger partial charge in [0.2, 0.25) is 0 Å². The molecule has 0 aromatic heterocycles. The molecule has 0 atom stereocenters. The van der Waals surface area contributed by atoms with E-state index in [1.54, 1.807) is 0 Å². The molecule has 86 valence electrons. The Bertz CT molecular complexity index is 84.3. The van der Waals surface area contributed by atoms with Crippen LogP contribution in [0.3, 0.4) is 0 Å². The Morgan fingerprint density at radius 1 is 0.714 bits per heavy atom. The van der Waals surface area contributed by atoms with Crippen molar-refractivity contribution in [2.24, 2.45) is 0 Å². The van der Waals surface area contributed by atoms with Crippen molar-refractivity contribution in [3.63, 3.8) is 0 Å². The van der Waals surface area contributed by atoms with Crippen LogP contribution in [0.25, 0.3) is 0 Å². The molecule has 0 saturated carbocycles. The van der Waals surface area contributed by atoms with Crippen LogP contribution in [-0.4, -0.2) is 13.8 Å². The van der Waals surface area contributed by atoms with Crippen molar-refractivity contribution in [3.05, 3.63) is 0 Å². The molecule has 0 nitrogen and oxygen atoms in total. The molecule has 0 aliphatic rings. The molecule has 0 heterocycles. The molecule has 0 spiro atoms. The molecule has 14 heavy (non-hydrogen) atoms. The third-order valence-corrected chi connectivity index (χ3v) is 4.53. The Morgan fingerprint density at radius 3 is 1.57 bits per heavy atom. The molecule has 2 heteroatoms. The van der Waals surface area contributed by atoms with Gasteiger partial charge in [-0.05, 0) is 0 Å². The van der Waals surface area contributed by atoms with E-state index in [2.05, 4.69) is 18.0 Å². The third kappa shape index (κ3) is 12.9. The molecular weight excluding hydrogens is 255 g/mol. The van der Waals surface area contributed by atoms with Gasteiger partial charge in [-0.25, -0.2) is 0 Å². The van der Waals surface area contributed by atoms with E-state index in [4.69, 9.17) is 0 Å². The maximum absolute atomic E-state index is 4.27. The predicted octanol–water partition coefficient (Wildman–Crippen LogP) is 4.87. The number of rotatable bonds is 11. The summed E-state index contributed by atoms with van der Waals surface area (Å²) < 4.78 is 0. The summed E-state index contributed by atoms with van der Waals surface area (Å²) in [5, 5.41) is 1.37. The summed E-state index contributed by atoms with van der Waals surface area (Å²) in [6.07, 6.45) is 14.4. The Hall–Kier alpha value is 0.869. The predicted molar refractivity (Wildman–Crippen MR) is 71.4 cm³/mol. The molecule has 0 aliphatic carbocycles. The minimum atomic E-state index is 0.611. The number of hydrogen-bond acceptors (Lipinski definition) is 1. The molecule has 0 N–H and O–H groups in total. The average molecular weight is 281 g/mol. The summed E-state index contributed by atoms with van der Waals surface area (Å²) >= 11 is 4.89. The van der Waals surface area contributed by atoms with Crippen molar-refractivity contribution >= 4 is 24.9 Å². The normalized spacial score (nSPS) is 10.7. The summed E-state index contributed by atoms with van der Waals surface area (Å²) in [5.74, 6) is 0. The molecular formula is C12H26SSe. The fraction of sp³-hybridized carbons (Fsp3) is 1.00. The van der Waals surface area contributed by atoms with E-state index >= 15 is 0 Å². The first-order chi connectivity index (χ1) is 6.91. The van der Waals surface area contributed by atoms with E-state index in [0.717, 1.165) is 0 Å². The van der Waals surface area contributed by atoms with Gasteiger partial charge in [-0.1, -0.05) is 0 Å². The topological polar surface area (TPSA) is 0 Å². The Balaban J connectivity index is 2.78. The zero-order chi connectivity index (χ0) is 10.5. The minimum absolute atomic E-state index is 0.611. The van der Waals surface area contributed by atoms with Crippen LogP contribution in [0.5, 0.6) is 0 Å². The van der Waals surface area contributed by atoms with Crippen LogP contribution >= 0.6 is 11.0 Å². The molecule has 0 aromatic carbocycles. The molecule has 0 aromatic rings. The fourth-order valence-corrected chi connectivity index (χ4v) is 3.02. The Kier molecular flexibility index (Phi) is 14.7. The van der Waals surface area contributed by atoms with Crippen molar-refractivity contribution in [3.8, 4) is 0 Å². The van der Waals surface area contributed by atoms with E-state index < -0.39 is 0 Å². The summed E-state index contributed by atoms with van der Waals surface area (Å²) in [4.78, 5) is 0.